The monoisotopic (exact) mass is 225 g/mol. The van der Waals surface area contributed by atoms with Crippen LogP contribution in [0.3, 0.4) is 0 Å². The molecule has 1 N–H and O–H groups in total. The van der Waals surface area contributed by atoms with E-state index in [1.54, 1.807) is 7.11 Å². The van der Waals surface area contributed by atoms with Crippen molar-refractivity contribution in [1.29, 1.82) is 0 Å². The Morgan fingerprint density at radius 1 is 1.47 bits per heavy atom. The third-order valence-electron chi connectivity index (χ3n) is 2.96. The van der Waals surface area contributed by atoms with Gasteiger partial charge in [-0.2, -0.15) is 0 Å². The van der Waals surface area contributed by atoms with E-state index in [9.17, 15) is 0 Å². The molecule has 15 heavy (non-hydrogen) atoms. The summed E-state index contributed by atoms with van der Waals surface area (Å²) in [6, 6.07) is 4.35. The van der Waals surface area contributed by atoms with Gasteiger partial charge in [0.1, 0.15) is 5.75 Å². The highest BCUT2D eigenvalue weighted by molar-refractivity contribution is 6.32. The fraction of sp³-hybridized carbons (Fsp3) is 0.500. The van der Waals surface area contributed by atoms with Crippen LogP contribution in [0.5, 0.6) is 5.75 Å². The van der Waals surface area contributed by atoms with E-state index in [0.29, 0.717) is 6.04 Å². The number of nitrogens with one attached hydrogen (secondary N) is 1. The van der Waals surface area contributed by atoms with Gasteiger partial charge >= 0.3 is 0 Å². The van der Waals surface area contributed by atoms with Gasteiger partial charge in [-0.25, -0.2) is 0 Å². The molecule has 0 amide bonds. The van der Waals surface area contributed by atoms with Crippen LogP contribution in [0.4, 0.5) is 0 Å². The average molecular weight is 226 g/mol. The lowest BCUT2D eigenvalue weighted by Gasteiger charge is -2.18. The van der Waals surface area contributed by atoms with Gasteiger partial charge in [-0.3, -0.25) is 0 Å². The Morgan fingerprint density at radius 3 is 2.87 bits per heavy atom. The van der Waals surface area contributed by atoms with Crippen LogP contribution in [0.25, 0.3) is 0 Å². The SMILES string of the molecule is COc1ccc(C)c(Cl)c1C1CCCN1. The predicted molar refractivity (Wildman–Crippen MR) is 62.7 cm³/mol. The molecule has 1 aliphatic rings. The quantitative estimate of drug-likeness (QED) is 0.835. The molecule has 0 aromatic heterocycles. The molecule has 1 heterocycles. The average Bonchev–Trinajstić information content (AvgIpc) is 2.75. The number of hydrogen-bond acceptors (Lipinski definition) is 2. The van der Waals surface area contributed by atoms with Gasteiger partial charge in [-0.15, -0.1) is 0 Å². The minimum Gasteiger partial charge on any atom is -0.496 e. The molecule has 0 radical (unpaired) electrons. The number of rotatable bonds is 2. The largest absolute Gasteiger partial charge is 0.496 e. The van der Waals surface area contributed by atoms with Gasteiger partial charge in [-0.1, -0.05) is 17.7 Å². The Morgan fingerprint density at radius 2 is 2.27 bits per heavy atom. The van der Waals surface area contributed by atoms with E-state index in [0.717, 1.165) is 34.9 Å². The first-order valence-corrected chi connectivity index (χ1v) is 5.68. The van der Waals surface area contributed by atoms with Crippen LogP contribution in [0.2, 0.25) is 5.02 Å². The van der Waals surface area contributed by atoms with E-state index in [1.807, 2.05) is 19.1 Å². The predicted octanol–water partition coefficient (Wildman–Crippen LogP) is 3.08. The van der Waals surface area contributed by atoms with Gasteiger partial charge in [0.15, 0.2) is 0 Å². The first-order valence-electron chi connectivity index (χ1n) is 5.30. The highest BCUT2D eigenvalue weighted by atomic mass is 35.5. The second kappa shape index (κ2) is 4.42. The highest BCUT2D eigenvalue weighted by Gasteiger charge is 2.23. The van der Waals surface area contributed by atoms with Crippen LogP contribution < -0.4 is 10.1 Å². The summed E-state index contributed by atoms with van der Waals surface area (Å²) in [4.78, 5) is 0. The van der Waals surface area contributed by atoms with E-state index >= 15 is 0 Å². The van der Waals surface area contributed by atoms with Crippen molar-refractivity contribution in [2.24, 2.45) is 0 Å². The van der Waals surface area contributed by atoms with Crippen LogP contribution in [-0.2, 0) is 0 Å². The molecule has 1 aromatic rings. The van der Waals surface area contributed by atoms with Crippen molar-refractivity contribution < 1.29 is 4.74 Å². The Bertz CT molecular complexity index is 359. The molecule has 82 valence electrons. The standard InChI is InChI=1S/C12H16ClNO/c1-8-5-6-10(15-2)11(12(8)13)9-4-3-7-14-9/h5-6,9,14H,3-4,7H2,1-2H3. The first kappa shape index (κ1) is 10.8. The number of ether oxygens (including phenoxy) is 1. The van der Waals surface area contributed by atoms with Gasteiger partial charge in [0.05, 0.1) is 12.1 Å². The Kier molecular flexibility index (Phi) is 3.17. The smallest absolute Gasteiger partial charge is 0.125 e. The van der Waals surface area contributed by atoms with Crippen molar-refractivity contribution >= 4 is 11.6 Å². The van der Waals surface area contributed by atoms with Crippen molar-refractivity contribution in [3.8, 4) is 5.75 Å². The molecular weight excluding hydrogens is 210 g/mol. The first-order chi connectivity index (χ1) is 7.24. The van der Waals surface area contributed by atoms with Crippen molar-refractivity contribution in [2.75, 3.05) is 13.7 Å². The molecule has 3 heteroatoms. The zero-order chi connectivity index (χ0) is 10.8. The lowest BCUT2D eigenvalue weighted by atomic mass is 10.0. The van der Waals surface area contributed by atoms with Crippen LogP contribution >= 0.6 is 11.6 Å². The van der Waals surface area contributed by atoms with E-state index in [2.05, 4.69) is 5.32 Å². The molecule has 1 aromatic carbocycles. The zero-order valence-corrected chi connectivity index (χ0v) is 9.90. The molecule has 0 aliphatic carbocycles. The zero-order valence-electron chi connectivity index (χ0n) is 9.14. The molecule has 1 saturated heterocycles. The van der Waals surface area contributed by atoms with E-state index in [4.69, 9.17) is 16.3 Å². The normalized spacial score (nSPS) is 20.6. The van der Waals surface area contributed by atoms with Crippen molar-refractivity contribution in [2.45, 2.75) is 25.8 Å². The van der Waals surface area contributed by atoms with Crippen LogP contribution in [0.1, 0.15) is 30.0 Å². The van der Waals surface area contributed by atoms with Gasteiger partial charge in [0, 0.05) is 11.6 Å². The molecule has 0 spiro atoms. The van der Waals surface area contributed by atoms with Crippen LogP contribution in [-0.4, -0.2) is 13.7 Å². The highest BCUT2D eigenvalue weighted by Crippen LogP contribution is 2.37. The summed E-state index contributed by atoms with van der Waals surface area (Å²) in [5.41, 5.74) is 2.23. The molecule has 1 aliphatic heterocycles. The molecule has 1 fully saturated rings. The third-order valence-corrected chi connectivity index (χ3v) is 3.46. The van der Waals surface area contributed by atoms with Gasteiger partial charge in [0.25, 0.3) is 0 Å². The summed E-state index contributed by atoms with van der Waals surface area (Å²) in [5.74, 6) is 0.894. The second-order valence-electron chi connectivity index (χ2n) is 3.96. The third kappa shape index (κ3) is 1.97. The Hall–Kier alpha value is -0.730. The number of hydrogen-bond donors (Lipinski definition) is 1. The van der Waals surface area contributed by atoms with E-state index < -0.39 is 0 Å². The molecule has 1 unspecified atom stereocenters. The van der Waals surface area contributed by atoms with Crippen molar-refractivity contribution in [3.63, 3.8) is 0 Å². The van der Waals surface area contributed by atoms with E-state index in [-0.39, 0.29) is 0 Å². The summed E-state index contributed by atoms with van der Waals surface area (Å²) >= 11 is 6.34. The summed E-state index contributed by atoms with van der Waals surface area (Å²) < 4.78 is 5.37. The maximum Gasteiger partial charge on any atom is 0.125 e. The van der Waals surface area contributed by atoms with Crippen molar-refractivity contribution in [3.05, 3.63) is 28.3 Å². The van der Waals surface area contributed by atoms with Crippen molar-refractivity contribution in [1.82, 2.24) is 5.32 Å². The molecule has 0 saturated carbocycles. The lowest BCUT2D eigenvalue weighted by Crippen LogP contribution is -2.14. The summed E-state index contributed by atoms with van der Waals surface area (Å²) in [6.45, 7) is 3.10. The molecular formula is C12H16ClNO. The molecule has 0 bridgehead atoms. The summed E-state index contributed by atoms with van der Waals surface area (Å²) in [5, 5.41) is 4.29. The lowest BCUT2D eigenvalue weighted by molar-refractivity contribution is 0.403. The maximum atomic E-state index is 6.34. The van der Waals surface area contributed by atoms with Crippen LogP contribution in [0, 0.1) is 6.92 Å². The summed E-state index contributed by atoms with van der Waals surface area (Å²) in [7, 11) is 1.69. The molecule has 2 rings (SSSR count). The second-order valence-corrected chi connectivity index (χ2v) is 4.34. The van der Waals surface area contributed by atoms with Gasteiger partial charge in [0.2, 0.25) is 0 Å². The Balaban J connectivity index is 2.45. The number of benzene rings is 1. The topological polar surface area (TPSA) is 21.3 Å². The van der Waals surface area contributed by atoms with E-state index in [1.165, 1.54) is 6.42 Å². The fourth-order valence-corrected chi connectivity index (χ4v) is 2.41. The number of aryl methyl sites for hydroxylation is 1. The maximum absolute atomic E-state index is 6.34. The number of methoxy groups -OCH3 is 1. The molecule has 1 atom stereocenters. The minimum atomic E-state index is 0.354. The Labute approximate surface area is 95.6 Å². The fourth-order valence-electron chi connectivity index (χ4n) is 2.12. The van der Waals surface area contributed by atoms with Crippen LogP contribution in [0.15, 0.2) is 12.1 Å². The molecule has 2 nitrogen and oxygen atoms in total. The minimum absolute atomic E-state index is 0.354. The van der Waals surface area contributed by atoms with Gasteiger partial charge in [-0.05, 0) is 37.9 Å². The summed E-state index contributed by atoms with van der Waals surface area (Å²) in [6.07, 6.45) is 2.34. The number of halogens is 1. The van der Waals surface area contributed by atoms with Gasteiger partial charge < -0.3 is 10.1 Å².